The lowest BCUT2D eigenvalue weighted by molar-refractivity contribution is 0.602. The van der Waals surface area contributed by atoms with Gasteiger partial charge in [-0.2, -0.15) is 4.52 Å². The van der Waals surface area contributed by atoms with Crippen molar-refractivity contribution in [3.63, 3.8) is 0 Å². The Labute approximate surface area is 127 Å². The van der Waals surface area contributed by atoms with Gasteiger partial charge in [-0.25, -0.2) is 8.42 Å². The first-order chi connectivity index (χ1) is 10.5. The minimum atomic E-state index is -3.00. The summed E-state index contributed by atoms with van der Waals surface area (Å²) in [5.74, 6) is 1.27. The quantitative estimate of drug-likeness (QED) is 0.762. The number of sulfone groups is 1. The van der Waals surface area contributed by atoms with Crippen LogP contribution in [-0.4, -0.2) is 46.8 Å². The second-order valence-electron chi connectivity index (χ2n) is 4.93. The second kappa shape index (κ2) is 5.72. The zero-order valence-corrected chi connectivity index (χ0v) is 12.8. The van der Waals surface area contributed by atoms with Crippen LogP contribution in [0.3, 0.4) is 0 Å². The summed E-state index contributed by atoms with van der Waals surface area (Å²) in [7, 11) is -3.00. The molecule has 22 heavy (non-hydrogen) atoms. The number of aromatic nitrogens is 4. The predicted octanol–water partition coefficient (Wildman–Crippen LogP) is 1.25. The summed E-state index contributed by atoms with van der Waals surface area (Å²) in [4.78, 5) is 0. The van der Waals surface area contributed by atoms with Gasteiger partial charge in [0.15, 0.2) is 11.5 Å². The Kier molecular flexibility index (Phi) is 3.76. The average molecular weight is 317 g/mol. The molecule has 2 heterocycles. The third-order valence-corrected chi connectivity index (χ3v) is 4.02. The third-order valence-electron chi connectivity index (χ3n) is 3.07. The van der Waals surface area contributed by atoms with Gasteiger partial charge in [0.05, 0.1) is 5.75 Å². The molecule has 0 saturated carbocycles. The Bertz CT molecular complexity index is 890. The molecular formula is C14H15N5O2S. The Hall–Kier alpha value is -2.48. The number of nitrogens with one attached hydrogen (secondary N) is 1. The maximum Gasteiger partial charge on any atom is 0.185 e. The first-order valence-electron chi connectivity index (χ1n) is 6.72. The zero-order valence-electron chi connectivity index (χ0n) is 12.0. The highest BCUT2D eigenvalue weighted by Gasteiger charge is 2.09. The minimum absolute atomic E-state index is 0.0560. The van der Waals surface area contributed by atoms with Crippen LogP contribution in [0.4, 0.5) is 5.82 Å². The van der Waals surface area contributed by atoms with E-state index in [1.807, 2.05) is 30.3 Å². The molecule has 0 aliphatic heterocycles. The van der Waals surface area contributed by atoms with Gasteiger partial charge in [0.2, 0.25) is 0 Å². The van der Waals surface area contributed by atoms with Gasteiger partial charge in [-0.05, 0) is 12.1 Å². The molecule has 0 aliphatic rings. The Morgan fingerprint density at radius 1 is 1.09 bits per heavy atom. The summed E-state index contributed by atoms with van der Waals surface area (Å²) >= 11 is 0. The van der Waals surface area contributed by atoms with Crippen molar-refractivity contribution in [1.29, 1.82) is 0 Å². The lowest BCUT2D eigenvalue weighted by Gasteiger charge is -2.05. The SMILES string of the molecule is CS(=O)(=O)CCNc1ccc2nnc(-c3ccccc3)n2n1. The molecule has 0 atom stereocenters. The van der Waals surface area contributed by atoms with E-state index in [2.05, 4.69) is 20.6 Å². The van der Waals surface area contributed by atoms with Crippen molar-refractivity contribution in [2.45, 2.75) is 0 Å². The zero-order chi connectivity index (χ0) is 15.6. The van der Waals surface area contributed by atoms with Crippen LogP contribution in [0.1, 0.15) is 0 Å². The van der Waals surface area contributed by atoms with Gasteiger partial charge in [0, 0.05) is 18.4 Å². The van der Waals surface area contributed by atoms with Crippen LogP contribution in [0.2, 0.25) is 0 Å². The van der Waals surface area contributed by atoms with E-state index in [0.29, 0.717) is 23.8 Å². The summed E-state index contributed by atoms with van der Waals surface area (Å²) in [6, 6.07) is 13.2. The first kappa shape index (κ1) is 14.5. The Balaban J connectivity index is 1.89. The fraction of sp³-hybridized carbons (Fsp3) is 0.214. The van der Waals surface area contributed by atoms with Crippen molar-refractivity contribution < 1.29 is 8.42 Å². The van der Waals surface area contributed by atoms with Crippen molar-refractivity contribution in [2.24, 2.45) is 0 Å². The van der Waals surface area contributed by atoms with Gasteiger partial charge < -0.3 is 5.32 Å². The molecule has 0 bridgehead atoms. The molecule has 1 aromatic carbocycles. The summed E-state index contributed by atoms with van der Waals surface area (Å²) in [6.45, 7) is 0.306. The Morgan fingerprint density at radius 2 is 1.86 bits per heavy atom. The summed E-state index contributed by atoms with van der Waals surface area (Å²) < 4.78 is 23.9. The van der Waals surface area contributed by atoms with Gasteiger partial charge in [0.1, 0.15) is 15.7 Å². The van der Waals surface area contributed by atoms with E-state index in [0.717, 1.165) is 5.56 Å². The molecular weight excluding hydrogens is 302 g/mol. The second-order valence-corrected chi connectivity index (χ2v) is 7.19. The molecule has 0 unspecified atom stereocenters. The fourth-order valence-corrected chi connectivity index (χ4v) is 2.49. The highest BCUT2D eigenvalue weighted by molar-refractivity contribution is 7.90. The van der Waals surface area contributed by atoms with Crippen LogP contribution in [0, 0.1) is 0 Å². The number of anilines is 1. The van der Waals surface area contributed by atoms with Crippen molar-refractivity contribution in [1.82, 2.24) is 19.8 Å². The van der Waals surface area contributed by atoms with E-state index in [4.69, 9.17) is 0 Å². The standard InChI is InChI=1S/C14H15N5O2S/c1-22(20,21)10-9-15-12-7-8-13-16-17-14(19(13)18-12)11-5-3-2-4-6-11/h2-8H,9-10H2,1H3,(H,15,18). The van der Waals surface area contributed by atoms with E-state index in [1.165, 1.54) is 6.26 Å². The van der Waals surface area contributed by atoms with E-state index in [1.54, 1.807) is 16.6 Å². The Morgan fingerprint density at radius 3 is 2.59 bits per heavy atom. The van der Waals surface area contributed by atoms with E-state index >= 15 is 0 Å². The lowest BCUT2D eigenvalue weighted by Crippen LogP contribution is -2.15. The minimum Gasteiger partial charge on any atom is -0.368 e. The summed E-state index contributed by atoms with van der Waals surface area (Å²) in [5.41, 5.74) is 1.54. The highest BCUT2D eigenvalue weighted by Crippen LogP contribution is 2.17. The van der Waals surface area contributed by atoms with Gasteiger partial charge in [0.25, 0.3) is 0 Å². The van der Waals surface area contributed by atoms with Crippen LogP contribution in [-0.2, 0) is 9.84 Å². The van der Waals surface area contributed by atoms with Crippen molar-refractivity contribution in [3.05, 3.63) is 42.5 Å². The lowest BCUT2D eigenvalue weighted by atomic mass is 10.2. The normalized spacial score (nSPS) is 11.7. The molecule has 2 aromatic heterocycles. The monoisotopic (exact) mass is 317 g/mol. The molecule has 1 N–H and O–H groups in total. The molecule has 0 spiro atoms. The summed E-state index contributed by atoms with van der Waals surface area (Å²) in [6.07, 6.45) is 1.21. The maximum atomic E-state index is 11.1. The van der Waals surface area contributed by atoms with Crippen LogP contribution in [0.5, 0.6) is 0 Å². The van der Waals surface area contributed by atoms with E-state index < -0.39 is 9.84 Å². The van der Waals surface area contributed by atoms with Crippen LogP contribution in [0.15, 0.2) is 42.5 Å². The number of hydrogen-bond acceptors (Lipinski definition) is 6. The molecule has 7 nitrogen and oxygen atoms in total. The van der Waals surface area contributed by atoms with Gasteiger partial charge in [-0.3, -0.25) is 0 Å². The highest BCUT2D eigenvalue weighted by atomic mass is 32.2. The number of hydrogen-bond donors (Lipinski definition) is 1. The van der Waals surface area contributed by atoms with Gasteiger partial charge >= 0.3 is 0 Å². The van der Waals surface area contributed by atoms with Gasteiger partial charge in [-0.15, -0.1) is 15.3 Å². The number of benzene rings is 1. The van der Waals surface area contributed by atoms with E-state index in [9.17, 15) is 8.42 Å². The third kappa shape index (κ3) is 3.22. The van der Waals surface area contributed by atoms with Gasteiger partial charge in [-0.1, -0.05) is 30.3 Å². The van der Waals surface area contributed by atoms with Crippen LogP contribution < -0.4 is 5.32 Å². The topological polar surface area (TPSA) is 89.2 Å². The number of rotatable bonds is 5. The van der Waals surface area contributed by atoms with Crippen molar-refractivity contribution >= 4 is 21.3 Å². The predicted molar refractivity (Wildman–Crippen MR) is 84.4 cm³/mol. The number of nitrogens with zero attached hydrogens (tertiary/aromatic N) is 4. The maximum absolute atomic E-state index is 11.1. The molecule has 114 valence electrons. The molecule has 0 aliphatic carbocycles. The molecule has 0 fully saturated rings. The molecule has 8 heteroatoms. The van der Waals surface area contributed by atoms with Crippen LogP contribution in [0.25, 0.3) is 17.0 Å². The average Bonchev–Trinajstić information content (AvgIpc) is 2.90. The fourth-order valence-electron chi connectivity index (χ4n) is 2.01. The summed E-state index contributed by atoms with van der Waals surface area (Å²) in [5, 5.41) is 15.6. The molecule has 3 aromatic rings. The first-order valence-corrected chi connectivity index (χ1v) is 8.78. The van der Waals surface area contributed by atoms with Crippen molar-refractivity contribution in [2.75, 3.05) is 23.9 Å². The molecule has 0 radical (unpaired) electrons. The van der Waals surface area contributed by atoms with E-state index in [-0.39, 0.29) is 5.75 Å². The van der Waals surface area contributed by atoms with Crippen LogP contribution >= 0.6 is 0 Å². The smallest absolute Gasteiger partial charge is 0.185 e. The molecule has 0 saturated heterocycles. The largest absolute Gasteiger partial charge is 0.368 e. The molecule has 3 rings (SSSR count). The number of fused-ring (bicyclic) bond motifs is 1. The van der Waals surface area contributed by atoms with Crippen molar-refractivity contribution in [3.8, 4) is 11.4 Å². The molecule has 0 amide bonds.